The number of rotatable bonds is 8. The van der Waals surface area contributed by atoms with Crippen LogP contribution in [0.2, 0.25) is 0 Å². The normalized spacial score (nSPS) is 19.4. The summed E-state index contributed by atoms with van der Waals surface area (Å²) < 4.78 is 0. The zero-order valence-electron chi connectivity index (χ0n) is 18.4. The van der Waals surface area contributed by atoms with E-state index in [1.807, 2.05) is 26.0 Å². The molecule has 1 fully saturated rings. The molecule has 0 unspecified atom stereocenters. The van der Waals surface area contributed by atoms with Crippen LogP contribution < -0.4 is 10.6 Å². The summed E-state index contributed by atoms with van der Waals surface area (Å²) in [4.78, 5) is 37.9. The fourth-order valence-electron chi connectivity index (χ4n) is 4.77. The summed E-state index contributed by atoms with van der Waals surface area (Å²) in [5.74, 6) is -1.71. The number of aliphatic carboxylic acids is 1. The average Bonchev–Trinajstić information content (AvgIpc) is 3.22. The van der Waals surface area contributed by atoms with Crippen molar-refractivity contribution in [3.8, 4) is 0 Å². The number of thiol groups is 1. The molecule has 3 N–H and O–H groups in total. The molecule has 1 aromatic carbocycles. The highest BCUT2D eigenvalue weighted by Gasteiger charge is 2.44. The quantitative estimate of drug-likeness (QED) is 0.462. The highest BCUT2D eigenvalue weighted by atomic mass is 32.1. The summed E-state index contributed by atoms with van der Waals surface area (Å²) in [6.45, 7) is 3.80. The number of carbonyl (C=O) groups excluding carboxylic acids is 2. The second kappa shape index (κ2) is 10.1. The molecule has 0 spiro atoms. The second-order valence-corrected chi connectivity index (χ2v) is 9.85. The van der Waals surface area contributed by atoms with Crippen LogP contribution in [-0.2, 0) is 33.6 Å². The van der Waals surface area contributed by atoms with Gasteiger partial charge in [-0.2, -0.15) is 12.6 Å². The fourth-order valence-corrected chi connectivity index (χ4v) is 4.83. The van der Waals surface area contributed by atoms with Crippen molar-refractivity contribution in [3.63, 3.8) is 0 Å². The van der Waals surface area contributed by atoms with Gasteiger partial charge in [-0.15, -0.1) is 0 Å². The van der Waals surface area contributed by atoms with Crippen molar-refractivity contribution in [2.45, 2.75) is 88.5 Å². The molecule has 3 rings (SSSR count). The molecule has 7 heteroatoms. The predicted molar refractivity (Wildman–Crippen MR) is 123 cm³/mol. The van der Waals surface area contributed by atoms with Gasteiger partial charge >= 0.3 is 5.97 Å². The molecule has 0 bridgehead atoms. The van der Waals surface area contributed by atoms with Crippen molar-refractivity contribution >= 4 is 30.4 Å². The topological polar surface area (TPSA) is 95.5 Å². The maximum atomic E-state index is 13.3. The number of hydrogen-bond acceptors (Lipinski definition) is 4. The van der Waals surface area contributed by atoms with Crippen LogP contribution in [0.4, 0.5) is 0 Å². The third kappa shape index (κ3) is 5.43. The van der Waals surface area contributed by atoms with Crippen LogP contribution in [0.15, 0.2) is 18.2 Å². The third-order valence-corrected chi connectivity index (χ3v) is 7.51. The molecule has 31 heavy (non-hydrogen) atoms. The van der Waals surface area contributed by atoms with E-state index in [2.05, 4.69) is 29.3 Å². The molecule has 2 aliphatic rings. The smallest absolute Gasteiger partial charge is 0.326 e. The van der Waals surface area contributed by atoms with Gasteiger partial charge in [0.2, 0.25) is 11.8 Å². The Morgan fingerprint density at radius 1 is 1.10 bits per heavy atom. The molecule has 0 radical (unpaired) electrons. The van der Waals surface area contributed by atoms with Gasteiger partial charge in [-0.05, 0) is 61.1 Å². The monoisotopic (exact) mass is 446 g/mol. The van der Waals surface area contributed by atoms with Crippen LogP contribution >= 0.6 is 12.6 Å². The Morgan fingerprint density at radius 2 is 1.77 bits per heavy atom. The predicted octanol–water partition coefficient (Wildman–Crippen LogP) is 3.06. The summed E-state index contributed by atoms with van der Waals surface area (Å²) >= 11 is 4.38. The van der Waals surface area contributed by atoms with Gasteiger partial charge in [-0.25, -0.2) is 4.79 Å². The van der Waals surface area contributed by atoms with E-state index in [0.29, 0.717) is 12.8 Å². The number of carboxylic acids is 1. The largest absolute Gasteiger partial charge is 0.480 e. The highest BCUT2D eigenvalue weighted by Crippen LogP contribution is 2.31. The summed E-state index contributed by atoms with van der Waals surface area (Å²) in [5.41, 5.74) is 2.45. The number of hydrogen-bond donors (Lipinski definition) is 4. The Labute approximate surface area is 190 Å². The number of carbonyl (C=O) groups is 3. The first kappa shape index (κ1) is 23.6. The lowest BCUT2D eigenvalue weighted by atomic mass is 9.86. The summed E-state index contributed by atoms with van der Waals surface area (Å²) in [7, 11) is 0. The molecular weight excluding hydrogens is 412 g/mol. The Hall–Kier alpha value is -2.02. The minimum absolute atomic E-state index is 0.0286. The van der Waals surface area contributed by atoms with Crippen LogP contribution in [0.3, 0.4) is 0 Å². The first-order valence-electron chi connectivity index (χ1n) is 11.4. The number of amides is 2. The van der Waals surface area contributed by atoms with Gasteiger partial charge in [0.25, 0.3) is 0 Å². The van der Waals surface area contributed by atoms with Crippen molar-refractivity contribution < 1.29 is 19.5 Å². The lowest BCUT2D eigenvalue weighted by Gasteiger charge is -2.32. The van der Waals surface area contributed by atoms with E-state index in [1.54, 1.807) is 0 Å². The highest BCUT2D eigenvalue weighted by molar-refractivity contribution is 7.81. The van der Waals surface area contributed by atoms with Crippen molar-refractivity contribution in [2.75, 3.05) is 0 Å². The van der Waals surface area contributed by atoms with Crippen LogP contribution in [-0.4, -0.2) is 39.7 Å². The van der Waals surface area contributed by atoms with Gasteiger partial charge in [0.15, 0.2) is 0 Å². The molecule has 0 aromatic heterocycles. The SMILES string of the molecule is CC(C)[C@@H](S)C(=O)NC1(C(=O)N[C@H](Cc2cccc3c2CCCC3)C(=O)O)CCCC1. The van der Waals surface area contributed by atoms with E-state index < -0.39 is 28.7 Å². The number of benzene rings is 1. The van der Waals surface area contributed by atoms with E-state index in [4.69, 9.17) is 0 Å². The zero-order chi connectivity index (χ0) is 22.6. The zero-order valence-corrected chi connectivity index (χ0v) is 19.3. The lowest BCUT2D eigenvalue weighted by Crippen LogP contribution is -2.61. The van der Waals surface area contributed by atoms with Crippen LogP contribution in [0, 0.1) is 5.92 Å². The Bertz CT molecular complexity index is 833. The fraction of sp³-hybridized carbons (Fsp3) is 0.625. The second-order valence-electron chi connectivity index (χ2n) is 9.30. The summed E-state index contributed by atoms with van der Waals surface area (Å²) in [6.07, 6.45) is 7.12. The molecule has 170 valence electrons. The molecular formula is C24H34N2O4S. The number of fused-ring (bicyclic) bond motifs is 1. The van der Waals surface area contributed by atoms with Gasteiger partial charge < -0.3 is 15.7 Å². The molecule has 1 saturated carbocycles. The lowest BCUT2D eigenvalue weighted by molar-refractivity contribution is -0.143. The maximum Gasteiger partial charge on any atom is 0.326 e. The van der Waals surface area contributed by atoms with E-state index in [0.717, 1.165) is 44.1 Å². The van der Waals surface area contributed by atoms with Crippen LogP contribution in [0.25, 0.3) is 0 Å². The third-order valence-electron chi connectivity index (χ3n) is 6.67. The Morgan fingerprint density at radius 3 is 2.42 bits per heavy atom. The minimum Gasteiger partial charge on any atom is -0.480 e. The Balaban J connectivity index is 1.76. The van der Waals surface area contributed by atoms with Crippen LogP contribution in [0.1, 0.15) is 69.1 Å². The minimum atomic E-state index is -1.06. The van der Waals surface area contributed by atoms with Crippen LogP contribution in [0.5, 0.6) is 0 Å². The van der Waals surface area contributed by atoms with Crippen molar-refractivity contribution in [2.24, 2.45) is 5.92 Å². The maximum absolute atomic E-state index is 13.3. The van der Waals surface area contributed by atoms with Gasteiger partial charge in [0, 0.05) is 6.42 Å². The standard InChI is InChI=1S/C24H34N2O4S/c1-15(2)20(31)21(27)26-24(12-5-6-13-24)23(30)25-19(22(28)29)14-17-10-7-9-16-8-3-4-11-18(16)17/h7,9-10,15,19-20,31H,3-6,8,11-14H2,1-2H3,(H,25,30)(H,26,27)(H,28,29)/t19-,20-/m1/s1. The van der Waals surface area contributed by atoms with Crippen molar-refractivity contribution in [3.05, 3.63) is 34.9 Å². The van der Waals surface area contributed by atoms with Gasteiger partial charge in [0.1, 0.15) is 11.6 Å². The molecule has 0 aliphatic heterocycles. The van der Waals surface area contributed by atoms with E-state index in [1.165, 1.54) is 11.1 Å². The van der Waals surface area contributed by atoms with Crippen molar-refractivity contribution in [1.82, 2.24) is 10.6 Å². The average molecular weight is 447 g/mol. The van der Waals surface area contributed by atoms with Gasteiger partial charge in [0.05, 0.1) is 5.25 Å². The van der Waals surface area contributed by atoms with Gasteiger partial charge in [-0.1, -0.05) is 44.9 Å². The van der Waals surface area contributed by atoms with E-state index >= 15 is 0 Å². The van der Waals surface area contributed by atoms with E-state index in [-0.39, 0.29) is 18.2 Å². The van der Waals surface area contributed by atoms with E-state index in [9.17, 15) is 19.5 Å². The number of carboxylic acid groups (broad SMARTS) is 1. The first-order valence-corrected chi connectivity index (χ1v) is 11.9. The summed E-state index contributed by atoms with van der Waals surface area (Å²) in [6, 6.07) is 5.01. The van der Waals surface area contributed by atoms with Gasteiger partial charge in [-0.3, -0.25) is 9.59 Å². The Kier molecular flexibility index (Phi) is 7.68. The molecule has 2 aliphatic carbocycles. The molecule has 0 saturated heterocycles. The molecule has 1 aromatic rings. The molecule has 2 amide bonds. The number of aryl methyl sites for hydroxylation is 1. The summed E-state index contributed by atoms with van der Waals surface area (Å²) in [5, 5.41) is 15.0. The molecule has 0 heterocycles. The number of nitrogens with one attached hydrogen (secondary N) is 2. The molecule has 6 nitrogen and oxygen atoms in total. The molecule has 2 atom stereocenters. The first-order chi connectivity index (χ1) is 14.7. The van der Waals surface area contributed by atoms with Crippen molar-refractivity contribution in [1.29, 1.82) is 0 Å².